The van der Waals surface area contributed by atoms with E-state index in [-0.39, 0.29) is 12.1 Å². The summed E-state index contributed by atoms with van der Waals surface area (Å²) in [6.07, 6.45) is 4.05. The molecule has 0 aliphatic carbocycles. The molecule has 0 bridgehead atoms. The Morgan fingerprint density at radius 3 is 2.95 bits per heavy atom. The highest BCUT2D eigenvalue weighted by molar-refractivity contribution is 5.74. The van der Waals surface area contributed by atoms with Gasteiger partial charge in [-0.25, -0.2) is 4.79 Å². The van der Waals surface area contributed by atoms with Crippen LogP contribution < -0.4 is 10.6 Å². The maximum Gasteiger partial charge on any atom is 0.315 e. The summed E-state index contributed by atoms with van der Waals surface area (Å²) in [4.78, 5) is 15.9. The van der Waals surface area contributed by atoms with Crippen LogP contribution in [0.15, 0.2) is 30.7 Å². The number of rotatable bonds is 5. The second-order valence-corrected chi connectivity index (χ2v) is 4.49. The lowest BCUT2D eigenvalue weighted by Gasteiger charge is -2.13. The largest absolute Gasteiger partial charge is 0.338 e. The number of carbonyl (C=O) groups excluding carboxylic acids is 1. The summed E-state index contributed by atoms with van der Waals surface area (Å²) >= 11 is 0. The van der Waals surface area contributed by atoms with Crippen molar-refractivity contribution in [2.45, 2.75) is 19.4 Å². The van der Waals surface area contributed by atoms with Gasteiger partial charge in [-0.3, -0.25) is 4.98 Å². The van der Waals surface area contributed by atoms with E-state index in [4.69, 9.17) is 0 Å². The smallest absolute Gasteiger partial charge is 0.315 e. The van der Waals surface area contributed by atoms with E-state index < -0.39 is 0 Å². The summed E-state index contributed by atoms with van der Waals surface area (Å²) in [5, 5.41) is 13.4. The Morgan fingerprint density at radius 2 is 2.30 bits per heavy atom. The van der Waals surface area contributed by atoms with Crippen LogP contribution in [0.3, 0.4) is 0 Å². The van der Waals surface area contributed by atoms with E-state index in [1.54, 1.807) is 17.1 Å². The molecule has 0 aliphatic rings. The van der Waals surface area contributed by atoms with Crippen molar-refractivity contribution < 1.29 is 4.79 Å². The summed E-state index contributed by atoms with van der Waals surface area (Å²) in [5.74, 6) is 0.713. The molecule has 1 unspecified atom stereocenters. The fourth-order valence-electron chi connectivity index (χ4n) is 1.85. The van der Waals surface area contributed by atoms with Crippen LogP contribution in [0.2, 0.25) is 0 Å². The van der Waals surface area contributed by atoms with Crippen molar-refractivity contribution in [1.82, 2.24) is 30.4 Å². The van der Waals surface area contributed by atoms with Crippen LogP contribution >= 0.6 is 0 Å². The van der Waals surface area contributed by atoms with Crippen LogP contribution in [0.1, 0.15) is 24.5 Å². The third kappa shape index (κ3) is 3.78. The van der Waals surface area contributed by atoms with Crippen molar-refractivity contribution in [2.24, 2.45) is 7.05 Å². The van der Waals surface area contributed by atoms with Gasteiger partial charge in [0, 0.05) is 31.9 Å². The van der Waals surface area contributed by atoms with Gasteiger partial charge in [0.05, 0.1) is 6.04 Å². The minimum absolute atomic E-state index is 0.197. The second-order valence-electron chi connectivity index (χ2n) is 4.49. The summed E-state index contributed by atoms with van der Waals surface area (Å²) in [5.41, 5.74) is 0.953. The van der Waals surface area contributed by atoms with Crippen LogP contribution in [0, 0.1) is 0 Å². The molecule has 1 atom stereocenters. The number of pyridine rings is 1. The molecule has 2 heterocycles. The molecule has 0 aliphatic heterocycles. The molecule has 0 aromatic carbocycles. The van der Waals surface area contributed by atoms with Crippen molar-refractivity contribution >= 4 is 6.03 Å². The molecule has 0 radical (unpaired) electrons. The van der Waals surface area contributed by atoms with E-state index in [1.807, 2.05) is 32.2 Å². The molecule has 2 aromatic rings. The van der Waals surface area contributed by atoms with Crippen LogP contribution in [-0.2, 0) is 13.5 Å². The molecule has 0 saturated carbocycles. The van der Waals surface area contributed by atoms with E-state index >= 15 is 0 Å². The molecule has 2 N–H and O–H groups in total. The van der Waals surface area contributed by atoms with Gasteiger partial charge in [-0.15, -0.1) is 10.2 Å². The lowest BCUT2D eigenvalue weighted by atomic mass is 10.3. The Balaban J connectivity index is 1.74. The molecule has 7 heteroatoms. The van der Waals surface area contributed by atoms with Gasteiger partial charge in [-0.1, -0.05) is 6.07 Å². The first-order valence-electron chi connectivity index (χ1n) is 6.45. The number of nitrogens with zero attached hydrogens (tertiary/aromatic N) is 4. The molecule has 20 heavy (non-hydrogen) atoms. The summed E-state index contributed by atoms with van der Waals surface area (Å²) in [6.45, 7) is 2.40. The van der Waals surface area contributed by atoms with Crippen molar-refractivity contribution in [3.8, 4) is 0 Å². The Morgan fingerprint density at radius 1 is 1.45 bits per heavy atom. The van der Waals surface area contributed by atoms with Crippen LogP contribution in [0.25, 0.3) is 0 Å². The van der Waals surface area contributed by atoms with Gasteiger partial charge >= 0.3 is 6.03 Å². The Hall–Kier alpha value is -2.44. The first-order chi connectivity index (χ1) is 9.66. The first-order valence-corrected chi connectivity index (χ1v) is 6.45. The number of hydrogen-bond acceptors (Lipinski definition) is 4. The number of aromatic nitrogens is 4. The second kappa shape index (κ2) is 6.65. The minimum Gasteiger partial charge on any atom is -0.338 e. The van der Waals surface area contributed by atoms with Gasteiger partial charge in [0.25, 0.3) is 0 Å². The molecular formula is C13H18N6O. The lowest BCUT2D eigenvalue weighted by molar-refractivity contribution is 0.237. The maximum atomic E-state index is 11.8. The predicted molar refractivity (Wildman–Crippen MR) is 73.9 cm³/mol. The highest BCUT2D eigenvalue weighted by Gasteiger charge is 2.13. The van der Waals surface area contributed by atoms with Crippen molar-refractivity contribution in [2.75, 3.05) is 6.54 Å². The zero-order valence-corrected chi connectivity index (χ0v) is 11.6. The van der Waals surface area contributed by atoms with Gasteiger partial charge in [0.15, 0.2) is 5.82 Å². The number of hydrogen-bond donors (Lipinski definition) is 2. The van der Waals surface area contributed by atoms with Gasteiger partial charge in [-0.05, 0) is 19.1 Å². The van der Waals surface area contributed by atoms with Crippen LogP contribution in [-0.4, -0.2) is 32.3 Å². The third-order valence-electron chi connectivity index (χ3n) is 2.87. The third-order valence-corrected chi connectivity index (χ3v) is 2.87. The summed E-state index contributed by atoms with van der Waals surface area (Å²) in [7, 11) is 1.84. The molecular weight excluding hydrogens is 256 g/mol. The number of carbonyl (C=O) groups is 1. The van der Waals surface area contributed by atoms with E-state index in [1.165, 1.54) is 0 Å². The first kappa shape index (κ1) is 14.0. The number of aryl methyl sites for hydroxylation is 1. The van der Waals surface area contributed by atoms with E-state index in [0.717, 1.165) is 5.69 Å². The molecule has 2 amide bonds. The predicted octanol–water partition coefficient (Wildman–Crippen LogP) is 0.813. The van der Waals surface area contributed by atoms with E-state index in [2.05, 4.69) is 25.8 Å². The fourth-order valence-corrected chi connectivity index (χ4v) is 1.85. The van der Waals surface area contributed by atoms with Crippen LogP contribution in [0.4, 0.5) is 4.79 Å². The molecule has 2 aromatic heterocycles. The number of amides is 2. The normalized spacial score (nSPS) is 11.9. The Kier molecular flexibility index (Phi) is 4.65. The zero-order valence-electron chi connectivity index (χ0n) is 11.6. The highest BCUT2D eigenvalue weighted by Crippen LogP contribution is 2.06. The molecule has 106 valence electrons. The Bertz CT molecular complexity index is 553. The van der Waals surface area contributed by atoms with Gasteiger partial charge in [-0.2, -0.15) is 0 Å². The quantitative estimate of drug-likeness (QED) is 0.845. The van der Waals surface area contributed by atoms with Gasteiger partial charge in [0.2, 0.25) is 0 Å². The standard InChI is InChI=1S/C13H18N6O/c1-10(12-18-16-9-19(12)2)17-13(20)15-8-6-11-5-3-4-7-14-11/h3-5,7,9-10H,6,8H2,1-2H3,(H2,15,17,20). The number of nitrogens with one attached hydrogen (secondary N) is 2. The van der Waals surface area contributed by atoms with Crippen LogP contribution in [0.5, 0.6) is 0 Å². The summed E-state index contributed by atoms with van der Waals surface area (Å²) in [6, 6.07) is 5.31. The van der Waals surface area contributed by atoms with Crippen molar-refractivity contribution in [1.29, 1.82) is 0 Å². The average Bonchev–Trinajstić information content (AvgIpc) is 2.86. The van der Waals surface area contributed by atoms with E-state index in [0.29, 0.717) is 18.8 Å². The van der Waals surface area contributed by atoms with Crippen molar-refractivity contribution in [3.63, 3.8) is 0 Å². The summed E-state index contributed by atoms with van der Waals surface area (Å²) < 4.78 is 1.78. The number of urea groups is 1. The SMILES string of the molecule is CC(NC(=O)NCCc1ccccn1)c1nncn1C. The van der Waals surface area contributed by atoms with Gasteiger partial charge < -0.3 is 15.2 Å². The minimum atomic E-state index is -0.226. The molecule has 2 rings (SSSR count). The monoisotopic (exact) mass is 274 g/mol. The highest BCUT2D eigenvalue weighted by atomic mass is 16.2. The molecule has 0 saturated heterocycles. The van der Waals surface area contributed by atoms with Gasteiger partial charge in [0.1, 0.15) is 6.33 Å². The Labute approximate surface area is 117 Å². The molecule has 0 fully saturated rings. The zero-order chi connectivity index (χ0) is 14.4. The topological polar surface area (TPSA) is 84.7 Å². The molecule has 0 spiro atoms. The van der Waals surface area contributed by atoms with Crippen molar-refractivity contribution in [3.05, 3.63) is 42.2 Å². The average molecular weight is 274 g/mol. The lowest BCUT2D eigenvalue weighted by Crippen LogP contribution is -2.38. The fraction of sp³-hybridized carbons (Fsp3) is 0.385. The maximum absolute atomic E-state index is 11.8. The molecule has 7 nitrogen and oxygen atoms in total. The van der Waals surface area contributed by atoms with E-state index in [9.17, 15) is 4.79 Å².